The summed E-state index contributed by atoms with van der Waals surface area (Å²) in [5.41, 5.74) is 6.53. The van der Waals surface area contributed by atoms with Gasteiger partial charge in [-0.15, -0.1) is 11.3 Å². The molecule has 8 nitrogen and oxygen atoms in total. The van der Waals surface area contributed by atoms with Gasteiger partial charge in [-0.2, -0.15) is 5.10 Å². The summed E-state index contributed by atoms with van der Waals surface area (Å²) in [6.45, 7) is 3.22. The minimum Gasteiger partial charge on any atom is -0.448 e. The molecule has 3 amide bonds. The van der Waals surface area contributed by atoms with E-state index in [2.05, 4.69) is 5.10 Å². The predicted octanol–water partition coefficient (Wildman–Crippen LogP) is 2.14. The number of urea groups is 1. The van der Waals surface area contributed by atoms with Gasteiger partial charge in [0, 0.05) is 5.39 Å². The Morgan fingerprint density at radius 3 is 2.62 bits per heavy atom. The highest BCUT2D eigenvalue weighted by Crippen LogP contribution is 2.30. The van der Waals surface area contributed by atoms with Gasteiger partial charge in [-0.05, 0) is 32.0 Å². The average molecular weight is 372 g/mol. The Bertz CT molecular complexity index is 993. The van der Waals surface area contributed by atoms with Gasteiger partial charge >= 0.3 is 12.0 Å². The Labute approximate surface area is 152 Å². The monoisotopic (exact) mass is 372 g/mol. The molecule has 0 aliphatic carbocycles. The fourth-order valence-electron chi connectivity index (χ4n) is 2.39. The number of para-hydroxylation sites is 1. The highest BCUT2D eigenvalue weighted by atomic mass is 32.1. The minimum atomic E-state index is -1.15. The van der Waals surface area contributed by atoms with Crippen LogP contribution in [0.1, 0.15) is 22.3 Å². The molecule has 0 aliphatic heterocycles. The first-order valence-electron chi connectivity index (χ1n) is 7.72. The van der Waals surface area contributed by atoms with Gasteiger partial charge in [-0.25, -0.2) is 14.3 Å². The maximum Gasteiger partial charge on any atom is 0.349 e. The number of aromatic nitrogens is 2. The van der Waals surface area contributed by atoms with Crippen molar-refractivity contribution in [3.8, 4) is 5.69 Å². The summed E-state index contributed by atoms with van der Waals surface area (Å²) in [4.78, 5) is 35.8. The zero-order valence-corrected chi connectivity index (χ0v) is 14.9. The second-order valence-corrected chi connectivity index (χ2v) is 6.59. The maximum absolute atomic E-state index is 12.3. The molecule has 3 rings (SSSR count). The Hall–Kier alpha value is -3.20. The molecule has 3 aromatic rings. The molecule has 9 heteroatoms. The smallest absolute Gasteiger partial charge is 0.349 e. The number of rotatable bonds is 4. The van der Waals surface area contributed by atoms with E-state index in [1.54, 1.807) is 10.7 Å². The number of imide groups is 1. The molecule has 0 saturated heterocycles. The normalized spacial score (nSPS) is 11.9. The van der Waals surface area contributed by atoms with Crippen LogP contribution in [0, 0.1) is 6.92 Å². The second-order valence-electron chi connectivity index (χ2n) is 5.56. The topological polar surface area (TPSA) is 116 Å². The van der Waals surface area contributed by atoms with Crippen molar-refractivity contribution >= 4 is 39.5 Å². The van der Waals surface area contributed by atoms with Crippen LogP contribution in [0.25, 0.3) is 15.9 Å². The Balaban J connectivity index is 1.86. The highest BCUT2D eigenvalue weighted by molar-refractivity contribution is 7.20. The quantitative estimate of drug-likeness (QED) is 0.681. The molecule has 0 radical (unpaired) electrons. The molecular formula is C17H16N4O4S. The van der Waals surface area contributed by atoms with Crippen LogP contribution in [-0.2, 0) is 9.53 Å². The number of ether oxygens (including phenoxy) is 1. The largest absolute Gasteiger partial charge is 0.448 e. The van der Waals surface area contributed by atoms with Crippen molar-refractivity contribution in [3.05, 3.63) is 47.0 Å². The van der Waals surface area contributed by atoms with Gasteiger partial charge in [-0.3, -0.25) is 10.1 Å². The van der Waals surface area contributed by atoms with E-state index in [1.165, 1.54) is 18.3 Å². The van der Waals surface area contributed by atoms with E-state index in [4.69, 9.17) is 10.5 Å². The van der Waals surface area contributed by atoms with Crippen LogP contribution in [0.15, 0.2) is 36.4 Å². The third-order valence-corrected chi connectivity index (χ3v) is 4.74. The number of primary amides is 1. The molecule has 2 heterocycles. The number of carbonyl (C=O) groups is 3. The summed E-state index contributed by atoms with van der Waals surface area (Å²) in [6, 6.07) is 10.2. The highest BCUT2D eigenvalue weighted by Gasteiger charge is 2.23. The van der Waals surface area contributed by atoms with E-state index < -0.39 is 24.0 Å². The second kappa shape index (κ2) is 6.96. The molecule has 3 N–H and O–H groups in total. The summed E-state index contributed by atoms with van der Waals surface area (Å²) in [6.07, 6.45) is -1.15. The van der Waals surface area contributed by atoms with Gasteiger partial charge in [0.05, 0.1) is 11.4 Å². The molecule has 26 heavy (non-hydrogen) atoms. The molecule has 1 atom stereocenters. The van der Waals surface area contributed by atoms with Crippen molar-refractivity contribution < 1.29 is 19.1 Å². The number of nitrogens with one attached hydrogen (secondary N) is 1. The molecule has 134 valence electrons. The number of nitrogens with two attached hydrogens (primary N) is 1. The number of thiophene rings is 1. The standard InChI is InChI=1S/C17H16N4O4S/c1-9-12-8-13(16(23)25-10(2)14(22)19-17(18)24)26-15(12)21(20-9)11-6-4-3-5-7-11/h3-8,10H,1-2H3,(H3,18,19,22,24). The van der Waals surface area contributed by atoms with Crippen molar-refractivity contribution in [2.45, 2.75) is 20.0 Å². The molecule has 0 spiro atoms. The van der Waals surface area contributed by atoms with Crippen LogP contribution in [0.2, 0.25) is 0 Å². The van der Waals surface area contributed by atoms with E-state index in [-0.39, 0.29) is 0 Å². The number of amides is 3. The number of hydrogen-bond acceptors (Lipinski definition) is 6. The first-order valence-corrected chi connectivity index (χ1v) is 8.54. The fraction of sp³-hybridized carbons (Fsp3) is 0.176. The van der Waals surface area contributed by atoms with E-state index in [9.17, 15) is 14.4 Å². The van der Waals surface area contributed by atoms with Crippen LogP contribution < -0.4 is 11.1 Å². The number of benzene rings is 1. The first kappa shape index (κ1) is 17.6. The molecule has 1 aromatic carbocycles. The Morgan fingerprint density at radius 1 is 1.27 bits per heavy atom. The molecular weight excluding hydrogens is 356 g/mol. The van der Waals surface area contributed by atoms with Gasteiger partial charge in [0.2, 0.25) is 0 Å². The third-order valence-electron chi connectivity index (χ3n) is 3.65. The van der Waals surface area contributed by atoms with Crippen molar-refractivity contribution in [3.63, 3.8) is 0 Å². The molecule has 2 aromatic heterocycles. The zero-order chi connectivity index (χ0) is 18.8. The lowest BCUT2D eigenvalue weighted by atomic mass is 10.3. The van der Waals surface area contributed by atoms with Crippen LogP contribution >= 0.6 is 11.3 Å². The van der Waals surface area contributed by atoms with Crippen molar-refractivity contribution in [2.24, 2.45) is 5.73 Å². The van der Waals surface area contributed by atoms with Crippen LogP contribution in [0.3, 0.4) is 0 Å². The van der Waals surface area contributed by atoms with Crippen LogP contribution in [-0.4, -0.2) is 33.8 Å². The first-order chi connectivity index (χ1) is 12.4. The van der Waals surface area contributed by atoms with Crippen LogP contribution in [0.5, 0.6) is 0 Å². The van der Waals surface area contributed by atoms with Gasteiger partial charge in [-0.1, -0.05) is 18.2 Å². The summed E-state index contributed by atoms with van der Waals surface area (Å²) in [5.74, 6) is -1.43. The fourth-order valence-corrected chi connectivity index (χ4v) is 3.45. The predicted molar refractivity (Wildman–Crippen MR) is 96.3 cm³/mol. The zero-order valence-electron chi connectivity index (χ0n) is 14.1. The van der Waals surface area contributed by atoms with Crippen LogP contribution in [0.4, 0.5) is 4.79 Å². The van der Waals surface area contributed by atoms with E-state index in [1.807, 2.05) is 42.6 Å². The average Bonchev–Trinajstić information content (AvgIpc) is 3.16. The number of aryl methyl sites for hydroxylation is 1. The lowest BCUT2D eigenvalue weighted by Gasteiger charge is -2.10. The number of hydrogen-bond donors (Lipinski definition) is 2. The van der Waals surface area contributed by atoms with Gasteiger partial charge < -0.3 is 10.5 Å². The van der Waals surface area contributed by atoms with Crippen molar-refractivity contribution in [2.75, 3.05) is 0 Å². The molecule has 0 bridgehead atoms. The number of nitrogens with zero attached hydrogens (tertiary/aromatic N) is 2. The lowest BCUT2D eigenvalue weighted by Crippen LogP contribution is -2.42. The summed E-state index contributed by atoms with van der Waals surface area (Å²) < 4.78 is 6.86. The molecule has 1 unspecified atom stereocenters. The van der Waals surface area contributed by atoms with Gasteiger partial charge in [0.1, 0.15) is 9.71 Å². The summed E-state index contributed by atoms with van der Waals surface area (Å²) >= 11 is 1.22. The number of fused-ring (bicyclic) bond motifs is 1. The minimum absolute atomic E-state index is 0.337. The lowest BCUT2D eigenvalue weighted by molar-refractivity contribution is -0.127. The molecule has 0 fully saturated rings. The molecule has 0 aliphatic rings. The van der Waals surface area contributed by atoms with Gasteiger partial charge in [0.15, 0.2) is 6.10 Å². The Kier molecular flexibility index (Phi) is 4.72. The molecule has 0 saturated carbocycles. The third kappa shape index (κ3) is 3.42. The van der Waals surface area contributed by atoms with E-state index in [0.29, 0.717) is 4.88 Å². The number of esters is 1. The van der Waals surface area contributed by atoms with Crippen molar-refractivity contribution in [1.29, 1.82) is 0 Å². The van der Waals surface area contributed by atoms with E-state index >= 15 is 0 Å². The van der Waals surface area contributed by atoms with Gasteiger partial charge in [0.25, 0.3) is 5.91 Å². The summed E-state index contributed by atoms with van der Waals surface area (Å²) in [5, 5.41) is 7.21. The Morgan fingerprint density at radius 2 is 1.96 bits per heavy atom. The summed E-state index contributed by atoms with van der Waals surface area (Å²) in [7, 11) is 0. The maximum atomic E-state index is 12.3. The number of carbonyl (C=O) groups excluding carboxylic acids is 3. The van der Waals surface area contributed by atoms with E-state index in [0.717, 1.165) is 21.6 Å². The van der Waals surface area contributed by atoms with Crippen molar-refractivity contribution in [1.82, 2.24) is 15.1 Å². The SMILES string of the molecule is Cc1nn(-c2ccccc2)c2sc(C(=O)OC(C)C(=O)NC(N)=O)cc12.